The van der Waals surface area contributed by atoms with Crippen molar-refractivity contribution in [1.29, 1.82) is 0 Å². The Hall–Kier alpha value is -1.55. The standard InChI is InChI=1S/C17H21ClN2O3/c1-20-9-13(10-20)23-16-14(7-12(18)8-15(16)22-2)17(19-11-21)5-3-4-6-17/h7-8,13H,3-6,9-10H2,1-2H3. The zero-order chi connectivity index (χ0) is 16.4. The molecule has 0 spiro atoms. The Kier molecular flexibility index (Phi) is 4.62. The molecule has 0 atom stereocenters. The molecule has 23 heavy (non-hydrogen) atoms. The minimum Gasteiger partial charge on any atom is -0.493 e. The summed E-state index contributed by atoms with van der Waals surface area (Å²) < 4.78 is 11.7. The number of aliphatic imine (C=N–C) groups is 1. The quantitative estimate of drug-likeness (QED) is 0.612. The first-order valence-electron chi connectivity index (χ1n) is 7.90. The van der Waals surface area contributed by atoms with Gasteiger partial charge in [-0.15, -0.1) is 0 Å². The highest BCUT2D eigenvalue weighted by atomic mass is 35.5. The van der Waals surface area contributed by atoms with Crippen LogP contribution >= 0.6 is 11.6 Å². The Bertz CT molecular complexity index is 631. The van der Waals surface area contributed by atoms with Crippen LogP contribution in [0.1, 0.15) is 31.2 Å². The van der Waals surface area contributed by atoms with Gasteiger partial charge in [0.25, 0.3) is 0 Å². The number of nitrogens with zero attached hydrogens (tertiary/aromatic N) is 2. The van der Waals surface area contributed by atoms with E-state index in [0.717, 1.165) is 44.3 Å². The number of benzene rings is 1. The Morgan fingerprint density at radius 2 is 2.04 bits per heavy atom. The largest absolute Gasteiger partial charge is 0.493 e. The number of halogens is 1. The number of isocyanates is 1. The highest BCUT2D eigenvalue weighted by Crippen LogP contribution is 2.49. The summed E-state index contributed by atoms with van der Waals surface area (Å²) in [4.78, 5) is 17.4. The summed E-state index contributed by atoms with van der Waals surface area (Å²) in [5.74, 6) is 1.25. The summed E-state index contributed by atoms with van der Waals surface area (Å²) in [6, 6.07) is 3.60. The average Bonchev–Trinajstić information content (AvgIpc) is 2.96. The predicted octanol–water partition coefficient (Wildman–Crippen LogP) is 3.15. The normalized spacial score (nSPS) is 20.7. The molecule has 5 nitrogen and oxygen atoms in total. The molecule has 0 N–H and O–H groups in total. The molecule has 2 aliphatic rings. The second-order valence-corrected chi connectivity index (χ2v) is 6.82. The van der Waals surface area contributed by atoms with Gasteiger partial charge in [0.2, 0.25) is 6.08 Å². The molecule has 0 radical (unpaired) electrons. The lowest BCUT2D eigenvalue weighted by Crippen LogP contribution is -2.51. The second kappa shape index (κ2) is 6.52. The third-order valence-corrected chi connectivity index (χ3v) is 4.96. The van der Waals surface area contributed by atoms with Gasteiger partial charge in [-0.05, 0) is 26.0 Å². The van der Waals surface area contributed by atoms with Crippen LogP contribution < -0.4 is 9.47 Å². The van der Waals surface area contributed by atoms with Crippen molar-refractivity contribution in [2.45, 2.75) is 37.3 Å². The number of hydrogen-bond donors (Lipinski definition) is 0. The second-order valence-electron chi connectivity index (χ2n) is 6.39. The van der Waals surface area contributed by atoms with Gasteiger partial charge in [-0.3, -0.25) is 4.90 Å². The highest BCUT2D eigenvalue weighted by molar-refractivity contribution is 6.30. The van der Waals surface area contributed by atoms with Crippen molar-refractivity contribution in [3.8, 4) is 11.5 Å². The lowest BCUT2D eigenvalue weighted by atomic mass is 9.87. The maximum absolute atomic E-state index is 11.0. The zero-order valence-electron chi connectivity index (χ0n) is 13.5. The number of hydrogen-bond acceptors (Lipinski definition) is 5. The van der Waals surface area contributed by atoms with Gasteiger partial charge in [0.15, 0.2) is 11.5 Å². The number of likely N-dealkylation sites (tertiary alicyclic amines) is 1. The van der Waals surface area contributed by atoms with E-state index in [-0.39, 0.29) is 6.10 Å². The van der Waals surface area contributed by atoms with E-state index >= 15 is 0 Å². The maximum Gasteiger partial charge on any atom is 0.235 e. The molecule has 6 heteroatoms. The number of carbonyl (C=O) groups excluding carboxylic acids is 1. The van der Waals surface area contributed by atoms with Crippen molar-refractivity contribution in [3.05, 3.63) is 22.7 Å². The summed E-state index contributed by atoms with van der Waals surface area (Å²) in [5, 5.41) is 0.558. The minimum absolute atomic E-state index is 0.118. The third-order valence-electron chi connectivity index (χ3n) is 4.75. The van der Waals surface area contributed by atoms with Crippen molar-refractivity contribution >= 4 is 17.7 Å². The van der Waals surface area contributed by atoms with Gasteiger partial charge in [-0.25, -0.2) is 4.79 Å². The van der Waals surface area contributed by atoms with Crippen LogP contribution in [0.2, 0.25) is 5.02 Å². The van der Waals surface area contributed by atoms with Gasteiger partial charge >= 0.3 is 0 Å². The molecule has 2 fully saturated rings. The van der Waals surface area contributed by atoms with Crippen LogP contribution in [-0.4, -0.2) is 44.3 Å². The fraction of sp³-hybridized carbons (Fsp3) is 0.588. The molecule has 0 bridgehead atoms. The smallest absolute Gasteiger partial charge is 0.235 e. The summed E-state index contributed by atoms with van der Waals surface area (Å²) in [7, 11) is 3.65. The predicted molar refractivity (Wildman–Crippen MR) is 88.2 cm³/mol. The van der Waals surface area contributed by atoms with Crippen LogP contribution in [0.25, 0.3) is 0 Å². The zero-order valence-corrected chi connectivity index (χ0v) is 14.2. The van der Waals surface area contributed by atoms with Crippen molar-refractivity contribution in [2.24, 2.45) is 4.99 Å². The molecule has 1 saturated heterocycles. The molecule has 0 amide bonds. The third kappa shape index (κ3) is 3.09. The number of methoxy groups -OCH3 is 1. The summed E-state index contributed by atoms with van der Waals surface area (Å²) >= 11 is 6.26. The van der Waals surface area contributed by atoms with Crippen molar-refractivity contribution < 1.29 is 14.3 Å². The van der Waals surface area contributed by atoms with Gasteiger partial charge in [0, 0.05) is 29.7 Å². The van der Waals surface area contributed by atoms with E-state index in [0.29, 0.717) is 16.5 Å². The Labute approximate surface area is 141 Å². The van der Waals surface area contributed by atoms with Crippen LogP contribution in [-0.2, 0) is 10.3 Å². The molecule has 124 valence electrons. The molecule has 1 aromatic rings. The molecule has 3 rings (SSSR count). The van der Waals surface area contributed by atoms with Crippen LogP contribution in [0, 0.1) is 0 Å². The number of likely N-dealkylation sites (N-methyl/N-ethyl adjacent to an activating group) is 1. The molecular formula is C17H21ClN2O3. The van der Waals surface area contributed by atoms with E-state index in [1.807, 2.05) is 6.07 Å². The lowest BCUT2D eigenvalue weighted by Gasteiger charge is -2.37. The van der Waals surface area contributed by atoms with Crippen molar-refractivity contribution in [2.75, 3.05) is 27.2 Å². The fourth-order valence-corrected chi connectivity index (χ4v) is 3.77. The van der Waals surface area contributed by atoms with E-state index in [4.69, 9.17) is 21.1 Å². The molecular weight excluding hydrogens is 316 g/mol. The molecule has 0 aromatic heterocycles. The Morgan fingerprint density at radius 1 is 1.35 bits per heavy atom. The summed E-state index contributed by atoms with van der Waals surface area (Å²) in [5.41, 5.74) is 0.252. The van der Waals surface area contributed by atoms with Gasteiger partial charge in [0.1, 0.15) is 11.6 Å². The van der Waals surface area contributed by atoms with Crippen molar-refractivity contribution in [1.82, 2.24) is 4.90 Å². The van der Waals surface area contributed by atoms with Gasteiger partial charge < -0.3 is 9.47 Å². The Balaban J connectivity index is 2.06. The summed E-state index contributed by atoms with van der Waals surface area (Å²) in [6.07, 6.45) is 5.50. The molecule has 0 unspecified atom stereocenters. The fourth-order valence-electron chi connectivity index (χ4n) is 3.56. The van der Waals surface area contributed by atoms with Crippen LogP contribution in [0.3, 0.4) is 0 Å². The van der Waals surface area contributed by atoms with Crippen LogP contribution in [0.5, 0.6) is 11.5 Å². The molecule has 1 heterocycles. The topological polar surface area (TPSA) is 51.1 Å². The average molecular weight is 337 g/mol. The highest BCUT2D eigenvalue weighted by Gasteiger charge is 2.40. The van der Waals surface area contributed by atoms with E-state index in [1.54, 1.807) is 19.3 Å². The van der Waals surface area contributed by atoms with Gasteiger partial charge in [-0.1, -0.05) is 24.4 Å². The molecule has 1 aliphatic heterocycles. The van der Waals surface area contributed by atoms with E-state index in [2.05, 4.69) is 16.9 Å². The minimum atomic E-state index is -0.592. The lowest BCUT2D eigenvalue weighted by molar-refractivity contribution is 0.0354. The molecule has 1 saturated carbocycles. The molecule has 1 aliphatic carbocycles. The Morgan fingerprint density at radius 3 is 2.61 bits per heavy atom. The van der Waals surface area contributed by atoms with E-state index in [1.165, 1.54) is 0 Å². The first kappa shape index (κ1) is 16.3. The van der Waals surface area contributed by atoms with Crippen molar-refractivity contribution in [3.63, 3.8) is 0 Å². The van der Waals surface area contributed by atoms with Crippen LogP contribution in [0.4, 0.5) is 0 Å². The van der Waals surface area contributed by atoms with Gasteiger partial charge in [-0.2, -0.15) is 4.99 Å². The first-order valence-corrected chi connectivity index (χ1v) is 8.28. The van der Waals surface area contributed by atoms with E-state index < -0.39 is 5.54 Å². The summed E-state index contributed by atoms with van der Waals surface area (Å²) in [6.45, 7) is 1.74. The van der Waals surface area contributed by atoms with Gasteiger partial charge in [0.05, 0.1) is 7.11 Å². The van der Waals surface area contributed by atoms with Crippen LogP contribution in [0.15, 0.2) is 17.1 Å². The monoisotopic (exact) mass is 336 g/mol. The molecule has 1 aromatic carbocycles. The first-order chi connectivity index (χ1) is 11.1. The SMILES string of the molecule is COc1cc(Cl)cc(C2(N=C=O)CCCC2)c1OC1CN(C)C1. The number of rotatable bonds is 5. The van der Waals surface area contributed by atoms with E-state index in [9.17, 15) is 4.79 Å². The maximum atomic E-state index is 11.0. The number of ether oxygens (including phenoxy) is 2.